The quantitative estimate of drug-likeness (QED) is 0.207. The third kappa shape index (κ3) is 3.86. The summed E-state index contributed by atoms with van der Waals surface area (Å²) in [7, 11) is 0. The van der Waals surface area contributed by atoms with Gasteiger partial charge in [-0.25, -0.2) is 0 Å². The van der Waals surface area contributed by atoms with Crippen LogP contribution in [0.15, 0.2) is 121 Å². The standard InChI is InChI=1S/C40H20N6/c41-21-25-9-15-37-33(17-25)31-5-1-3-7-35(31)45(37)39-19-27(11-13-29(39)23-43)28-12-14-30(24-44)40(20-28)46-36-8-4-2-6-32(36)34-18-26(22-42)10-16-38(34)46/h1-20H. The molecule has 0 fully saturated rings. The molecular weight excluding hydrogens is 564 g/mol. The fourth-order valence-electron chi connectivity index (χ4n) is 6.59. The Morgan fingerprint density at radius 2 is 0.783 bits per heavy atom. The molecule has 0 N–H and O–H groups in total. The first kappa shape index (κ1) is 26.5. The highest BCUT2D eigenvalue weighted by Gasteiger charge is 2.19. The van der Waals surface area contributed by atoms with Gasteiger partial charge in [0.05, 0.1) is 67.8 Å². The van der Waals surface area contributed by atoms with E-state index in [-0.39, 0.29) is 0 Å². The third-order valence-corrected chi connectivity index (χ3v) is 8.65. The smallest absolute Gasteiger partial charge is 0.101 e. The molecule has 6 aromatic carbocycles. The molecule has 0 amide bonds. The summed E-state index contributed by atoms with van der Waals surface area (Å²) in [4.78, 5) is 0. The van der Waals surface area contributed by atoms with Crippen molar-refractivity contribution in [1.82, 2.24) is 9.13 Å². The molecule has 0 saturated carbocycles. The normalized spacial score (nSPS) is 11.0. The Morgan fingerprint density at radius 1 is 0.370 bits per heavy atom. The van der Waals surface area contributed by atoms with Crippen LogP contribution in [0.3, 0.4) is 0 Å². The van der Waals surface area contributed by atoms with Gasteiger partial charge < -0.3 is 9.13 Å². The first-order valence-electron chi connectivity index (χ1n) is 14.6. The molecule has 0 saturated heterocycles. The molecular formula is C40H20N6. The lowest BCUT2D eigenvalue weighted by atomic mass is 9.99. The minimum absolute atomic E-state index is 0.514. The Labute approximate surface area is 263 Å². The van der Waals surface area contributed by atoms with Crippen molar-refractivity contribution in [2.24, 2.45) is 0 Å². The van der Waals surface area contributed by atoms with Gasteiger partial charge in [0.1, 0.15) is 12.1 Å². The zero-order valence-corrected chi connectivity index (χ0v) is 24.2. The topological polar surface area (TPSA) is 105 Å². The predicted octanol–water partition coefficient (Wildman–Crippen LogP) is 9.03. The van der Waals surface area contributed by atoms with Gasteiger partial charge in [-0.1, -0.05) is 48.5 Å². The average molecular weight is 585 g/mol. The maximum atomic E-state index is 10.2. The van der Waals surface area contributed by atoms with Crippen LogP contribution in [0, 0.1) is 45.3 Å². The first-order valence-corrected chi connectivity index (χ1v) is 14.6. The summed E-state index contributed by atoms with van der Waals surface area (Å²) in [6, 6.07) is 48.0. The van der Waals surface area contributed by atoms with Crippen LogP contribution in [0.2, 0.25) is 0 Å². The number of para-hydroxylation sites is 2. The second-order valence-electron chi connectivity index (χ2n) is 11.1. The largest absolute Gasteiger partial charge is 0.308 e. The highest BCUT2D eigenvalue weighted by molar-refractivity contribution is 6.11. The molecule has 0 aliphatic heterocycles. The van der Waals surface area contributed by atoms with Gasteiger partial charge in [0.25, 0.3) is 0 Å². The fraction of sp³-hybridized carbons (Fsp3) is 0. The van der Waals surface area contributed by atoms with Crippen LogP contribution < -0.4 is 0 Å². The SMILES string of the molecule is N#Cc1ccc2c(c1)c1ccccc1n2-c1cc(-c2ccc(C#N)c(-n3c4ccccc4c4cc(C#N)ccc43)c2)ccc1C#N. The fourth-order valence-corrected chi connectivity index (χ4v) is 6.59. The van der Waals surface area contributed by atoms with E-state index >= 15 is 0 Å². The van der Waals surface area contributed by atoms with Gasteiger partial charge in [0, 0.05) is 21.5 Å². The number of nitrogens with zero attached hydrogens (tertiary/aromatic N) is 6. The van der Waals surface area contributed by atoms with Gasteiger partial charge in [-0.05, 0) is 83.9 Å². The van der Waals surface area contributed by atoms with Crippen molar-refractivity contribution < 1.29 is 0 Å². The lowest BCUT2D eigenvalue weighted by Crippen LogP contribution is -2.00. The molecule has 0 spiro atoms. The summed E-state index contributed by atoms with van der Waals surface area (Å²) in [6.07, 6.45) is 0. The van der Waals surface area contributed by atoms with Gasteiger partial charge in [-0.3, -0.25) is 0 Å². The molecule has 8 rings (SSSR count). The number of fused-ring (bicyclic) bond motifs is 6. The summed E-state index contributed by atoms with van der Waals surface area (Å²) in [5.41, 5.74) is 9.05. The molecule has 8 aromatic rings. The third-order valence-electron chi connectivity index (χ3n) is 8.65. The minimum Gasteiger partial charge on any atom is -0.308 e. The van der Waals surface area contributed by atoms with Crippen LogP contribution in [0.1, 0.15) is 22.3 Å². The number of nitriles is 4. The summed E-state index contributed by atoms with van der Waals surface area (Å²) >= 11 is 0. The van der Waals surface area contributed by atoms with Crippen LogP contribution in [0.25, 0.3) is 66.1 Å². The van der Waals surface area contributed by atoms with Crippen molar-refractivity contribution >= 4 is 43.6 Å². The van der Waals surface area contributed by atoms with E-state index in [0.717, 1.165) is 66.1 Å². The lowest BCUT2D eigenvalue weighted by Gasteiger charge is -2.15. The zero-order chi connectivity index (χ0) is 31.4. The molecule has 0 radical (unpaired) electrons. The van der Waals surface area contributed by atoms with Crippen molar-refractivity contribution in [2.75, 3.05) is 0 Å². The number of aromatic nitrogens is 2. The number of hydrogen-bond acceptors (Lipinski definition) is 4. The molecule has 0 bridgehead atoms. The van der Waals surface area contributed by atoms with Crippen molar-refractivity contribution in [2.45, 2.75) is 0 Å². The van der Waals surface area contributed by atoms with Gasteiger partial charge in [-0.15, -0.1) is 0 Å². The van der Waals surface area contributed by atoms with Gasteiger partial charge >= 0.3 is 0 Å². The molecule has 2 heterocycles. The molecule has 210 valence electrons. The monoisotopic (exact) mass is 584 g/mol. The molecule has 46 heavy (non-hydrogen) atoms. The van der Waals surface area contributed by atoms with Gasteiger partial charge in [-0.2, -0.15) is 21.0 Å². The minimum atomic E-state index is 0.514. The van der Waals surface area contributed by atoms with E-state index in [1.165, 1.54) is 0 Å². The van der Waals surface area contributed by atoms with E-state index in [1.54, 1.807) is 12.1 Å². The van der Waals surface area contributed by atoms with E-state index < -0.39 is 0 Å². The Balaban J connectivity index is 1.38. The maximum absolute atomic E-state index is 10.2. The van der Waals surface area contributed by atoms with Crippen LogP contribution in [0.4, 0.5) is 0 Å². The molecule has 0 aliphatic carbocycles. The Kier molecular flexibility index (Phi) is 5.91. The number of hydrogen-bond donors (Lipinski definition) is 0. The summed E-state index contributed by atoms with van der Waals surface area (Å²) in [6.45, 7) is 0. The zero-order valence-electron chi connectivity index (χ0n) is 24.2. The molecule has 2 aromatic heterocycles. The van der Waals surface area contributed by atoms with E-state index in [1.807, 2.05) is 109 Å². The van der Waals surface area contributed by atoms with Crippen molar-refractivity contribution in [1.29, 1.82) is 21.0 Å². The van der Waals surface area contributed by atoms with Crippen LogP contribution in [-0.4, -0.2) is 9.13 Å². The lowest BCUT2D eigenvalue weighted by molar-refractivity contribution is 1.16. The second kappa shape index (κ2) is 10.3. The van der Waals surface area contributed by atoms with E-state index in [0.29, 0.717) is 22.3 Å². The average Bonchev–Trinajstić information content (AvgIpc) is 3.63. The first-order chi connectivity index (χ1) is 22.6. The second-order valence-corrected chi connectivity index (χ2v) is 11.1. The van der Waals surface area contributed by atoms with Crippen molar-refractivity contribution in [3.05, 3.63) is 144 Å². The van der Waals surface area contributed by atoms with Gasteiger partial charge in [0.2, 0.25) is 0 Å². The highest BCUT2D eigenvalue weighted by atomic mass is 15.0. The Bertz CT molecular complexity index is 2560. The molecule has 0 aliphatic rings. The summed E-state index contributed by atoms with van der Waals surface area (Å²) < 4.78 is 4.16. The maximum Gasteiger partial charge on any atom is 0.101 e. The van der Waals surface area contributed by atoms with Crippen LogP contribution in [0.5, 0.6) is 0 Å². The highest BCUT2D eigenvalue weighted by Crippen LogP contribution is 2.38. The summed E-state index contributed by atoms with van der Waals surface area (Å²) in [5.74, 6) is 0. The summed E-state index contributed by atoms with van der Waals surface area (Å²) in [5, 5.41) is 43.4. The Hall–Kier alpha value is -7.12. The van der Waals surface area contributed by atoms with E-state index in [4.69, 9.17) is 0 Å². The molecule has 6 heteroatoms. The van der Waals surface area contributed by atoms with Crippen LogP contribution >= 0.6 is 0 Å². The van der Waals surface area contributed by atoms with E-state index in [2.05, 4.69) is 33.4 Å². The molecule has 6 nitrogen and oxygen atoms in total. The number of benzene rings is 6. The molecule has 0 atom stereocenters. The van der Waals surface area contributed by atoms with Crippen LogP contribution in [-0.2, 0) is 0 Å². The van der Waals surface area contributed by atoms with Gasteiger partial charge in [0.15, 0.2) is 0 Å². The van der Waals surface area contributed by atoms with Crippen molar-refractivity contribution in [3.63, 3.8) is 0 Å². The predicted molar refractivity (Wildman–Crippen MR) is 179 cm³/mol. The van der Waals surface area contributed by atoms with E-state index in [9.17, 15) is 21.0 Å². The molecule has 0 unspecified atom stereocenters. The Morgan fingerprint density at radius 3 is 1.20 bits per heavy atom. The van der Waals surface area contributed by atoms with Crippen molar-refractivity contribution in [3.8, 4) is 46.8 Å². The number of rotatable bonds is 3.